The third kappa shape index (κ3) is 2.75. The summed E-state index contributed by atoms with van der Waals surface area (Å²) in [6.45, 7) is 1.30. The Morgan fingerprint density at radius 2 is 2.00 bits per heavy atom. The van der Waals surface area contributed by atoms with Gasteiger partial charge in [0.2, 0.25) is 0 Å². The zero-order chi connectivity index (χ0) is 6.78. The first-order valence-electron chi connectivity index (χ1n) is 1.93. The third-order valence-corrected chi connectivity index (χ3v) is 3.43. The maximum absolute atomic E-state index is 10.1. The van der Waals surface area contributed by atoms with E-state index in [4.69, 9.17) is 14.7 Å². The van der Waals surface area contributed by atoms with Crippen LogP contribution in [-0.2, 0) is 4.57 Å². The highest BCUT2D eigenvalue weighted by atomic mass is 31.2. The van der Waals surface area contributed by atoms with Crippen molar-refractivity contribution >= 4 is 16.4 Å². The zero-order valence-electron chi connectivity index (χ0n) is 4.27. The van der Waals surface area contributed by atoms with Crippen molar-refractivity contribution in [2.45, 2.75) is 12.3 Å². The number of hydrogen-bond acceptors (Lipinski definition) is 2. The molecular formula is C2H8O4P2. The molecule has 3 N–H and O–H groups in total. The van der Waals surface area contributed by atoms with Crippen molar-refractivity contribution in [1.82, 2.24) is 0 Å². The number of hydrogen-bond donors (Lipinski definition) is 3. The van der Waals surface area contributed by atoms with Crippen LogP contribution >= 0.6 is 16.4 Å². The maximum atomic E-state index is 10.1. The Balaban J connectivity index is 3.82. The van der Waals surface area contributed by atoms with Gasteiger partial charge in [-0.15, -0.1) is 0 Å². The first-order chi connectivity index (χ1) is 3.48. The molecule has 0 saturated heterocycles. The van der Waals surface area contributed by atoms with Gasteiger partial charge in [0, 0.05) is 8.81 Å². The Kier molecular flexibility index (Phi) is 3.10. The van der Waals surface area contributed by atoms with Gasteiger partial charge in [0.1, 0.15) is 0 Å². The van der Waals surface area contributed by atoms with Crippen molar-refractivity contribution in [3.05, 3.63) is 0 Å². The fraction of sp³-hybridized carbons (Fsp3) is 1.00. The maximum Gasteiger partial charge on any atom is 0.334 e. The van der Waals surface area contributed by atoms with Gasteiger partial charge in [0.15, 0.2) is 0 Å². The molecule has 0 spiro atoms. The summed E-state index contributed by atoms with van der Waals surface area (Å²) < 4.78 is 10.1. The predicted molar refractivity (Wildman–Crippen MR) is 32.0 cm³/mol. The third-order valence-electron chi connectivity index (χ3n) is 0.691. The highest BCUT2D eigenvalue weighted by molar-refractivity contribution is 7.63. The Morgan fingerprint density at radius 3 is 2.00 bits per heavy atom. The van der Waals surface area contributed by atoms with Crippen molar-refractivity contribution in [3.63, 3.8) is 0 Å². The average molecular weight is 158 g/mol. The molecule has 0 radical (unpaired) electrons. The Bertz CT molecular complexity index is 107. The smallest absolute Gasteiger partial charge is 0.334 e. The second kappa shape index (κ2) is 2.90. The summed E-state index contributed by atoms with van der Waals surface area (Å²) >= 11 is 0. The van der Waals surface area contributed by atoms with E-state index in [1.54, 1.807) is 0 Å². The molecular weight excluding hydrogens is 150 g/mol. The highest BCUT2D eigenvalue weighted by Gasteiger charge is 2.22. The SMILES string of the molecule is CC(PO)P(=O)(O)O. The first-order valence-corrected chi connectivity index (χ1v) is 4.64. The van der Waals surface area contributed by atoms with Crippen molar-refractivity contribution in [2.75, 3.05) is 0 Å². The van der Waals surface area contributed by atoms with E-state index in [2.05, 4.69) is 0 Å². The van der Waals surface area contributed by atoms with E-state index in [1.165, 1.54) is 6.92 Å². The van der Waals surface area contributed by atoms with Gasteiger partial charge in [-0.1, -0.05) is 0 Å². The van der Waals surface area contributed by atoms with Crippen LogP contribution in [0, 0.1) is 0 Å². The molecule has 0 aromatic rings. The van der Waals surface area contributed by atoms with Crippen LogP contribution in [-0.4, -0.2) is 20.1 Å². The van der Waals surface area contributed by atoms with Crippen LogP contribution in [0.5, 0.6) is 0 Å². The molecule has 0 fully saturated rings. The summed E-state index contributed by atoms with van der Waals surface area (Å²) in [6, 6.07) is 0. The molecule has 0 bridgehead atoms. The summed E-state index contributed by atoms with van der Waals surface area (Å²) in [6.07, 6.45) is 0. The second-order valence-electron chi connectivity index (χ2n) is 1.39. The highest BCUT2D eigenvalue weighted by Crippen LogP contribution is 2.47. The molecule has 0 aliphatic heterocycles. The van der Waals surface area contributed by atoms with E-state index in [9.17, 15) is 4.57 Å². The summed E-state index contributed by atoms with van der Waals surface area (Å²) in [5.41, 5.74) is 0. The van der Waals surface area contributed by atoms with E-state index in [0.29, 0.717) is 0 Å². The van der Waals surface area contributed by atoms with E-state index in [0.717, 1.165) is 0 Å². The topological polar surface area (TPSA) is 77.8 Å². The quantitative estimate of drug-likeness (QED) is 0.498. The molecule has 2 atom stereocenters. The van der Waals surface area contributed by atoms with Crippen LogP contribution in [0.3, 0.4) is 0 Å². The van der Waals surface area contributed by atoms with Gasteiger partial charge < -0.3 is 14.7 Å². The molecule has 0 aliphatic rings. The van der Waals surface area contributed by atoms with Crippen LogP contribution in [0.2, 0.25) is 0 Å². The Morgan fingerprint density at radius 1 is 1.62 bits per heavy atom. The van der Waals surface area contributed by atoms with Crippen LogP contribution in [0.4, 0.5) is 0 Å². The average Bonchev–Trinajstić information content (AvgIpc) is 1.62. The van der Waals surface area contributed by atoms with E-state index >= 15 is 0 Å². The molecule has 0 saturated carbocycles. The van der Waals surface area contributed by atoms with E-state index in [-0.39, 0.29) is 0 Å². The van der Waals surface area contributed by atoms with Gasteiger partial charge in [-0.3, -0.25) is 4.57 Å². The molecule has 0 rings (SSSR count). The lowest BCUT2D eigenvalue weighted by molar-refractivity contribution is 0.370. The summed E-state index contributed by atoms with van der Waals surface area (Å²) in [4.78, 5) is 24.7. The minimum Gasteiger partial charge on any atom is -0.376 e. The van der Waals surface area contributed by atoms with Gasteiger partial charge in [0.25, 0.3) is 0 Å². The van der Waals surface area contributed by atoms with Gasteiger partial charge in [0.05, 0.1) is 5.40 Å². The molecule has 6 heteroatoms. The van der Waals surface area contributed by atoms with Crippen LogP contribution < -0.4 is 0 Å². The van der Waals surface area contributed by atoms with Crippen molar-refractivity contribution in [1.29, 1.82) is 0 Å². The summed E-state index contributed by atoms with van der Waals surface area (Å²) in [7, 11) is -4.67. The van der Waals surface area contributed by atoms with Gasteiger partial charge >= 0.3 is 7.60 Å². The monoisotopic (exact) mass is 158 g/mol. The molecule has 0 heterocycles. The standard InChI is InChI=1S/C2H8O4P2/c1-2(7-3)8(4,5)6/h2-3,7H,1H3,(H2,4,5,6). The fourth-order valence-corrected chi connectivity index (χ4v) is 0.677. The molecule has 4 nitrogen and oxygen atoms in total. The zero-order valence-corrected chi connectivity index (χ0v) is 6.17. The number of rotatable bonds is 2. The summed E-state index contributed by atoms with van der Waals surface area (Å²) in [5, 5.41) is -0.900. The minimum absolute atomic E-state index is 0.680. The lowest BCUT2D eigenvalue weighted by Gasteiger charge is -2.07. The van der Waals surface area contributed by atoms with Crippen molar-refractivity contribution in [2.24, 2.45) is 0 Å². The first kappa shape index (κ1) is 8.54. The molecule has 0 amide bonds. The van der Waals surface area contributed by atoms with Crippen LogP contribution in [0.1, 0.15) is 6.92 Å². The molecule has 2 unspecified atom stereocenters. The van der Waals surface area contributed by atoms with Crippen LogP contribution in [0.15, 0.2) is 0 Å². The lowest BCUT2D eigenvalue weighted by atomic mass is 11.0. The predicted octanol–water partition coefficient (Wildman–Crippen LogP) is 0.0959. The van der Waals surface area contributed by atoms with Crippen LogP contribution in [0.25, 0.3) is 0 Å². The molecule has 0 aromatic carbocycles. The fourth-order valence-electron chi connectivity index (χ4n) is 0.0752. The normalized spacial score (nSPS) is 17.5. The molecule has 8 heavy (non-hydrogen) atoms. The Labute approximate surface area is 49.0 Å². The second-order valence-corrected chi connectivity index (χ2v) is 4.96. The van der Waals surface area contributed by atoms with Gasteiger partial charge in [-0.2, -0.15) is 0 Å². The molecule has 0 aromatic heterocycles. The molecule has 0 aliphatic carbocycles. The van der Waals surface area contributed by atoms with Gasteiger partial charge in [-0.05, 0) is 6.92 Å². The lowest BCUT2D eigenvalue weighted by Crippen LogP contribution is -1.92. The molecule has 50 valence electrons. The largest absolute Gasteiger partial charge is 0.376 e. The van der Waals surface area contributed by atoms with Crippen molar-refractivity contribution in [3.8, 4) is 0 Å². The van der Waals surface area contributed by atoms with Crippen molar-refractivity contribution < 1.29 is 19.2 Å². The Hall–Kier alpha value is 0.540. The summed E-state index contributed by atoms with van der Waals surface area (Å²) in [5.74, 6) is 0. The minimum atomic E-state index is -3.99. The van der Waals surface area contributed by atoms with E-state index in [1.807, 2.05) is 0 Å². The van der Waals surface area contributed by atoms with Gasteiger partial charge in [-0.25, -0.2) is 0 Å². The van der Waals surface area contributed by atoms with E-state index < -0.39 is 21.8 Å².